The Kier molecular flexibility index (Phi) is 13.4. The number of H-pyrrole nitrogens is 1. The Morgan fingerprint density at radius 1 is 0.967 bits per heavy atom. The summed E-state index contributed by atoms with van der Waals surface area (Å²) < 4.78 is 41.2. The van der Waals surface area contributed by atoms with Crippen molar-refractivity contribution < 1.29 is 27.6 Å². The number of carbonyl (C=O) groups excluding carboxylic acids is 1. The Hall–Kier alpha value is -5.26. The van der Waals surface area contributed by atoms with Gasteiger partial charge in [-0.1, -0.05) is 30.2 Å². The van der Waals surface area contributed by atoms with Gasteiger partial charge in [-0.25, -0.2) is 18.1 Å². The number of morpholine rings is 1. The van der Waals surface area contributed by atoms with Crippen molar-refractivity contribution in [1.82, 2.24) is 24.5 Å². The lowest BCUT2D eigenvalue weighted by Crippen LogP contribution is -2.41. The van der Waals surface area contributed by atoms with Gasteiger partial charge in [-0.15, -0.1) is 0 Å². The number of nitro groups is 1. The summed E-state index contributed by atoms with van der Waals surface area (Å²) in [6.45, 7) is 7.99. The number of anilines is 2. The molecule has 3 aromatic carbocycles. The summed E-state index contributed by atoms with van der Waals surface area (Å²) in [6, 6.07) is 21.0. The number of ether oxygens (including phenoxy) is 2. The van der Waals surface area contributed by atoms with Crippen molar-refractivity contribution >= 4 is 55.6 Å². The van der Waals surface area contributed by atoms with Crippen LogP contribution in [0.4, 0.5) is 17.1 Å². The average Bonchev–Trinajstić information content (AvgIpc) is 3.74. The lowest BCUT2D eigenvalue weighted by atomic mass is 9.91. The van der Waals surface area contributed by atoms with Crippen LogP contribution in [0.1, 0.15) is 60.5 Å². The molecule has 0 radical (unpaired) electrons. The van der Waals surface area contributed by atoms with E-state index in [4.69, 9.17) is 21.1 Å². The number of fused-ring (bicyclic) bond motifs is 1. The van der Waals surface area contributed by atoms with Gasteiger partial charge < -0.3 is 24.7 Å². The van der Waals surface area contributed by atoms with Crippen LogP contribution in [-0.2, 0) is 14.8 Å². The number of likely N-dealkylation sites (tertiary alicyclic amines) is 1. The van der Waals surface area contributed by atoms with Crippen molar-refractivity contribution in [3.05, 3.63) is 111 Å². The molecule has 1 unspecified atom stereocenters. The van der Waals surface area contributed by atoms with Gasteiger partial charge in [-0.05, 0) is 105 Å². The number of amides is 1. The fourth-order valence-electron chi connectivity index (χ4n) is 8.63. The molecule has 0 aliphatic carbocycles. The highest BCUT2D eigenvalue weighted by molar-refractivity contribution is 7.90. The minimum absolute atomic E-state index is 0.0252. The number of aromatic amines is 1. The molecule has 3 aliphatic heterocycles. The highest BCUT2D eigenvalue weighted by atomic mass is 35.5. The Morgan fingerprint density at radius 2 is 1.77 bits per heavy atom. The van der Waals surface area contributed by atoms with Gasteiger partial charge in [-0.2, -0.15) is 0 Å². The first-order valence-corrected chi connectivity index (χ1v) is 22.8. The molecular formula is C44H51ClN8O7S. The molecule has 17 heteroatoms. The Bertz CT molecular complexity index is 2440. The highest BCUT2D eigenvalue weighted by Gasteiger charge is 2.30. The number of benzene rings is 3. The van der Waals surface area contributed by atoms with Crippen LogP contribution in [0.5, 0.6) is 11.5 Å². The largest absolute Gasteiger partial charge is 0.455 e. The first kappa shape index (κ1) is 42.4. The molecule has 5 heterocycles. The summed E-state index contributed by atoms with van der Waals surface area (Å²) in [5, 5.41) is 16.7. The molecule has 61 heavy (non-hydrogen) atoms. The summed E-state index contributed by atoms with van der Waals surface area (Å²) in [5.41, 5.74) is 2.57. The molecule has 5 aromatic rings. The number of nitrogens with one attached hydrogen (secondary N) is 3. The number of halogens is 1. The molecule has 322 valence electrons. The number of piperidine rings is 2. The Balaban J connectivity index is 0.962. The van der Waals surface area contributed by atoms with E-state index >= 15 is 0 Å². The predicted octanol–water partition coefficient (Wildman–Crippen LogP) is 7.61. The van der Waals surface area contributed by atoms with Crippen LogP contribution >= 0.6 is 11.6 Å². The lowest BCUT2D eigenvalue weighted by Gasteiger charge is -2.41. The van der Waals surface area contributed by atoms with Gasteiger partial charge in [0.1, 0.15) is 22.8 Å². The fraction of sp³-hybridized carbons (Fsp3) is 0.409. The summed E-state index contributed by atoms with van der Waals surface area (Å²) >= 11 is 6.20. The lowest BCUT2D eigenvalue weighted by molar-refractivity contribution is -0.384. The third-order valence-electron chi connectivity index (χ3n) is 11.9. The molecule has 0 spiro atoms. The predicted molar refractivity (Wildman–Crippen MR) is 235 cm³/mol. The normalized spacial score (nSPS) is 18.2. The summed E-state index contributed by atoms with van der Waals surface area (Å²) in [7, 11) is -4.55. The molecule has 15 nitrogen and oxygen atoms in total. The van der Waals surface area contributed by atoms with E-state index in [2.05, 4.69) is 46.8 Å². The van der Waals surface area contributed by atoms with E-state index < -0.39 is 31.4 Å². The molecule has 0 saturated carbocycles. The van der Waals surface area contributed by atoms with Crippen LogP contribution in [0.2, 0.25) is 5.02 Å². The first-order chi connectivity index (χ1) is 29.6. The number of aromatic nitrogens is 2. The van der Waals surface area contributed by atoms with Crippen LogP contribution in [-0.4, -0.2) is 105 Å². The van der Waals surface area contributed by atoms with E-state index in [9.17, 15) is 23.3 Å². The smallest absolute Gasteiger partial charge is 0.293 e. The zero-order chi connectivity index (χ0) is 42.3. The van der Waals surface area contributed by atoms with Crippen molar-refractivity contribution in [3.63, 3.8) is 0 Å². The van der Waals surface area contributed by atoms with Gasteiger partial charge in [-0.3, -0.25) is 24.7 Å². The minimum atomic E-state index is -4.55. The quantitative estimate of drug-likeness (QED) is 0.0534. The molecule has 3 saturated heterocycles. The molecule has 3 fully saturated rings. The number of hydrogen-bond donors (Lipinski definition) is 3. The first-order valence-electron chi connectivity index (χ1n) is 21.0. The van der Waals surface area contributed by atoms with Crippen LogP contribution in [0, 0.1) is 16.0 Å². The average molecular weight is 871 g/mol. The van der Waals surface area contributed by atoms with E-state index in [1.165, 1.54) is 36.7 Å². The fourth-order valence-corrected chi connectivity index (χ4v) is 9.74. The molecule has 0 bridgehead atoms. The van der Waals surface area contributed by atoms with Gasteiger partial charge in [0.2, 0.25) is 0 Å². The van der Waals surface area contributed by atoms with Crippen LogP contribution in [0.25, 0.3) is 11.0 Å². The van der Waals surface area contributed by atoms with Crippen molar-refractivity contribution in [2.24, 2.45) is 5.92 Å². The van der Waals surface area contributed by atoms with Crippen molar-refractivity contribution in [3.8, 4) is 11.5 Å². The number of nitrogens with zero attached hydrogens (tertiary/aromatic N) is 5. The zero-order valence-corrected chi connectivity index (χ0v) is 35.5. The van der Waals surface area contributed by atoms with E-state index in [1.807, 2.05) is 18.2 Å². The van der Waals surface area contributed by atoms with Gasteiger partial charge in [0.15, 0.2) is 0 Å². The van der Waals surface area contributed by atoms with Crippen molar-refractivity contribution in [1.29, 1.82) is 0 Å². The summed E-state index contributed by atoms with van der Waals surface area (Å²) in [5.74, 6) is 0.0852. The van der Waals surface area contributed by atoms with Crippen LogP contribution in [0.15, 0.2) is 90.1 Å². The third-order valence-corrected chi connectivity index (χ3v) is 13.5. The minimum Gasteiger partial charge on any atom is -0.455 e. The monoisotopic (exact) mass is 870 g/mol. The van der Waals surface area contributed by atoms with Gasteiger partial charge in [0, 0.05) is 79.7 Å². The Labute approximate surface area is 360 Å². The number of nitro benzene ring substituents is 1. The van der Waals surface area contributed by atoms with E-state index in [-0.39, 0.29) is 17.0 Å². The molecule has 2 aromatic heterocycles. The molecule has 1 amide bonds. The second-order valence-corrected chi connectivity index (χ2v) is 18.1. The topological polar surface area (TPSA) is 175 Å². The Morgan fingerprint density at radius 3 is 2.56 bits per heavy atom. The third kappa shape index (κ3) is 10.4. The number of rotatable bonds is 15. The second kappa shape index (κ2) is 19.2. The number of hydrogen-bond acceptors (Lipinski definition) is 12. The summed E-state index contributed by atoms with van der Waals surface area (Å²) in [4.78, 5) is 39.6. The number of sulfonamides is 1. The SMILES string of the molecule is O=C(NS(=O)(=O)c1ccc(NCCCN2CCOCC2)c([N+](=O)[O-])c1)c1ccc(N2CCC(CN3CCCCC3c3ccc(Cl)cc3)CC2)cc1Oc1cnc2[nH]ccc2c1. The maximum atomic E-state index is 13.9. The number of carbonyl (C=O) groups is 1. The van der Waals surface area contributed by atoms with E-state index in [0.29, 0.717) is 43.1 Å². The maximum Gasteiger partial charge on any atom is 0.293 e. The zero-order valence-electron chi connectivity index (χ0n) is 33.9. The van der Waals surface area contributed by atoms with Gasteiger partial charge in [0.25, 0.3) is 21.6 Å². The molecule has 8 rings (SSSR count). The molecule has 3 aliphatic rings. The standard InChI is InChI=1S/C44H51ClN8O7S/c45-34-7-5-32(6-8-34)40-4-1-2-19-52(40)30-31-14-20-51(21-15-31)35-9-11-38(42(27-35)60-36-26-33-13-17-47-43(33)48-29-36)44(54)49-61(57,58)37-10-12-39(41(28-37)53(55)56)46-16-3-18-50-22-24-59-25-23-50/h5-13,17,26-29,31,40,46H,1-4,14-16,18-25,30H2,(H,47,48)(H,49,54). The molecule has 3 N–H and O–H groups in total. The van der Waals surface area contributed by atoms with Crippen LogP contribution in [0.3, 0.4) is 0 Å². The van der Waals surface area contributed by atoms with Crippen molar-refractivity contribution in [2.45, 2.75) is 49.5 Å². The van der Waals surface area contributed by atoms with Gasteiger partial charge in [0.05, 0.1) is 34.8 Å². The maximum absolute atomic E-state index is 13.9. The highest BCUT2D eigenvalue weighted by Crippen LogP contribution is 2.36. The second-order valence-electron chi connectivity index (χ2n) is 16.0. The van der Waals surface area contributed by atoms with Crippen LogP contribution < -0.4 is 19.7 Å². The van der Waals surface area contributed by atoms with E-state index in [1.54, 1.807) is 30.5 Å². The summed E-state index contributed by atoms with van der Waals surface area (Å²) in [6.07, 6.45) is 9.55. The van der Waals surface area contributed by atoms with E-state index in [0.717, 1.165) is 93.7 Å². The molecular weight excluding hydrogens is 820 g/mol. The number of pyridine rings is 1. The van der Waals surface area contributed by atoms with Gasteiger partial charge >= 0.3 is 0 Å². The van der Waals surface area contributed by atoms with Crippen molar-refractivity contribution in [2.75, 3.05) is 75.8 Å². The molecule has 1 atom stereocenters.